The number of nitrogens with zero attached hydrogens (tertiary/aromatic N) is 3. The highest BCUT2D eigenvalue weighted by Crippen LogP contribution is 2.25. The number of aromatic nitrogens is 1. The number of piperidine rings is 1. The number of benzene rings is 1. The molecule has 1 unspecified atom stereocenters. The van der Waals surface area contributed by atoms with Crippen molar-refractivity contribution in [3.8, 4) is 11.5 Å². The summed E-state index contributed by atoms with van der Waals surface area (Å²) in [5, 5.41) is 3.85. The number of aryl methyl sites for hydroxylation is 1. The second-order valence-electron chi connectivity index (χ2n) is 8.44. The number of carbonyl (C=O) groups excluding carboxylic acids is 1. The van der Waals surface area contributed by atoms with Crippen LogP contribution in [0.15, 0.2) is 28.7 Å². The summed E-state index contributed by atoms with van der Waals surface area (Å²) >= 11 is 5.98. The Hall–Kier alpha value is -1.89. The minimum atomic E-state index is 0.0558. The Kier molecular flexibility index (Phi) is 7.08. The van der Waals surface area contributed by atoms with Crippen LogP contribution in [0.4, 0.5) is 0 Å². The average Bonchev–Trinajstić information content (AvgIpc) is 3.39. The summed E-state index contributed by atoms with van der Waals surface area (Å²) in [7, 11) is 0. The van der Waals surface area contributed by atoms with E-state index in [0.29, 0.717) is 17.5 Å². The SMILES string of the molecule is Cc1oc(-c2ccc(Cl)cc2)nc1CN1CCCC(C(=O)NCCN2CCCC2)C1. The predicted octanol–water partition coefficient (Wildman–Crippen LogP) is 3.73. The molecule has 0 saturated carbocycles. The molecule has 2 fully saturated rings. The Labute approximate surface area is 183 Å². The molecule has 2 aliphatic rings. The molecule has 2 aromatic rings. The van der Waals surface area contributed by atoms with Crippen LogP contribution in [0.1, 0.15) is 37.1 Å². The molecule has 0 spiro atoms. The van der Waals surface area contributed by atoms with Gasteiger partial charge in [0.2, 0.25) is 11.8 Å². The second-order valence-corrected chi connectivity index (χ2v) is 8.88. The van der Waals surface area contributed by atoms with Crippen molar-refractivity contribution in [2.24, 2.45) is 5.92 Å². The molecule has 2 saturated heterocycles. The van der Waals surface area contributed by atoms with Crippen LogP contribution in [0.25, 0.3) is 11.5 Å². The van der Waals surface area contributed by atoms with Crippen LogP contribution in [0, 0.1) is 12.8 Å². The van der Waals surface area contributed by atoms with E-state index in [9.17, 15) is 4.79 Å². The van der Waals surface area contributed by atoms with E-state index in [0.717, 1.165) is 56.0 Å². The van der Waals surface area contributed by atoms with E-state index in [1.165, 1.54) is 25.9 Å². The van der Waals surface area contributed by atoms with E-state index < -0.39 is 0 Å². The zero-order valence-electron chi connectivity index (χ0n) is 17.7. The molecule has 3 heterocycles. The summed E-state index contributed by atoms with van der Waals surface area (Å²) in [6.07, 6.45) is 4.56. The maximum absolute atomic E-state index is 12.7. The Morgan fingerprint density at radius 1 is 1.17 bits per heavy atom. The molecule has 6 nitrogen and oxygen atoms in total. The van der Waals surface area contributed by atoms with Crippen molar-refractivity contribution in [3.63, 3.8) is 0 Å². The molecule has 4 rings (SSSR count). The predicted molar refractivity (Wildman–Crippen MR) is 118 cm³/mol. The van der Waals surface area contributed by atoms with Crippen molar-refractivity contribution in [3.05, 3.63) is 40.7 Å². The number of likely N-dealkylation sites (tertiary alicyclic amines) is 2. The first kappa shape index (κ1) is 21.3. The lowest BCUT2D eigenvalue weighted by Crippen LogP contribution is -2.44. The minimum Gasteiger partial charge on any atom is -0.441 e. The lowest BCUT2D eigenvalue weighted by atomic mass is 9.97. The van der Waals surface area contributed by atoms with Crippen LogP contribution in [0.3, 0.4) is 0 Å². The largest absolute Gasteiger partial charge is 0.441 e. The zero-order chi connectivity index (χ0) is 20.9. The van der Waals surface area contributed by atoms with Gasteiger partial charge in [-0.3, -0.25) is 9.69 Å². The fourth-order valence-corrected chi connectivity index (χ4v) is 4.53. The summed E-state index contributed by atoms with van der Waals surface area (Å²) in [5.74, 6) is 1.70. The van der Waals surface area contributed by atoms with Gasteiger partial charge in [0.15, 0.2) is 0 Å². The number of carbonyl (C=O) groups is 1. The topological polar surface area (TPSA) is 61.6 Å². The van der Waals surface area contributed by atoms with E-state index in [-0.39, 0.29) is 11.8 Å². The molecule has 162 valence electrons. The molecule has 30 heavy (non-hydrogen) atoms. The number of hydrogen-bond acceptors (Lipinski definition) is 5. The van der Waals surface area contributed by atoms with E-state index in [2.05, 4.69) is 15.1 Å². The molecular formula is C23H31ClN4O2. The van der Waals surface area contributed by atoms with Gasteiger partial charge >= 0.3 is 0 Å². The number of nitrogens with one attached hydrogen (secondary N) is 1. The first-order valence-electron chi connectivity index (χ1n) is 11.0. The van der Waals surface area contributed by atoms with Crippen LogP contribution in [0.5, 0.6) is 0 Å². The average molecular weight is 431 g/mol. The fourth-order valence-electron chi connectivity index (χ4n) is 4.40. The molecular weight excluding hydrogens is 400 g/mol. The zero-order valence-corrected chi connectivity index (χ0v) is 18.5. The van der Waals surface area contributed by atoms with Gasteiger partial charge in [-0.2, -0.15) is 0 Å². The van der Waals surface area contributed by atoms with Gasteiger partial charge in [0.1, 0.15) is 5.76 Å². The van der Waals surface area contributed by atoms with Gasteiger partial charge in [-0.15, -0.1) is 0 Å². The van der Waals surface area contributed by atoms with Crippen molar-refractivity contribution >= 4 is 17.5 Å². The number of rotatable bonds is 7. The lowest BCUT2D eigenvalue weighted by Gasteiger charge is -2.31. The molecule has 7 heteroatoms. The summed E-state index contributed by atoms with van der Waals surface area (Å²) in [6.45, 7) is 8.48. The number of oxazole rings is 1. The molecule has 0 radical (unpaired) electrons. The quantitative estimate of drug-likeness (QED) is 0.725. The molecule has 1 amide bonds. The maximum atomic E-state index is 12.7. The third-order valence-electron chi connectivity index (χ3n) is 6.16. The van der Waals surface area contributed by atoms with E-state index in [1.807, 2.05) is 31.2 Å². The highest BCUT2D eigenvalue weighted by molar-refractivity contribution is 6.30. The standard InChI is InChI=1S/C23H31ClN4O2/c1-17-21(26-23(30-17)18-6-8-20(24)9-7-18)16-28-13-4-5-19(15-28)22(29)25-10-14-27-11-2-3-12-27/h6-9,19H,2-5,10-16H2,1H3,(H,25,29). The first-order valence-corrected chi connectivity index (χ1v) is 11.4. The van der Waals surface area contributed by atoms with Crippen LogP contribution >= 0.6 is 11.6 Å². The van der Waals surface area contributed by atoms with Crippen LogP contribution in [0.2, 0.25) is 5.02 Å². The van der Waals surface area contributed by atoms with Crippen LogP contribution < -0.4 is 5.32 Å². The normalized spacial score (nSPS) is 20.5. The van der Waals surface area contributed by atoms with Crippen molar-refractivity contribution in [2.45, 2.75) is 39.2 Å². The smallest absolute Gasteiger partial charge is 0.226 e. The summed E-state index contributed by atoms with van der Waals surface area (Å²) < 4.78 is 5.89. The van der Waals surface area contributed by atoms with Gasteiger partial charge < -0.3 is 14.6 Å². The highest BCUT2D eigenvalue weighted by Gasteiger charge is 2.27. The number of amides is 1. The third kappa shape index (κ3) is 5.42. The molecule has 1 N–H and O–H groups in total. The van der Waals surface area contributed by atoms with E-state index in [1.54, 1.807) is 0 Å². The fraction of sp³-hybridized carbons (Fsp3) is 0.565. The van der Waals surface area contributed by atoms with Crippen LogP contribution in [-0.4, -0.2) is 60.0 Å². The Bertz CT molecular complexity index is 845. The van der Waals surface area contributed by atoms with Gasteiger partial charge in [-0.1, -0.05) is 11.6 Å². The number of hydrogen-bond donors (Lipinski definition) is 1. The van der Waals surface area contributed by atoms with Gasteiger partial charge in [0.25, 0.3) is 0 Å². The highest BCUT2D eigenvalue weighted by atomic mass is 35.5. The first-order chi connectivity index (χ1) is 14.6. The van der Waals surface area contributed by atoms with Gasteiger partial charge in [-0.25, -0.2) is 4.98 Å². The Morgan fingerprint density at radius 3 is 2.67 bits per heavy atom. The third-order valence-corrected chi connectivity index (χ3v) is 6.41. The van der Waals surface area contributed by atoms with Crippen molar-refractivity contribution in [2.75, 3.05) is 39.3 Å². The second kappa shape index (κ2) is 9.94. The van der Waals surface area contributed by atoms with E-state index in [4.69, 9.17) is 21.0 Å². The Balaban J connectivity index is 1.30. The molecule has 1 aromatic heterocycles. The van der Waals surface area contributed by atoms with Crippen LogP contribution in [-0.2, 0) is 11.3 Å². The van der Waals surface area contributed by atoms with Crippen molar-refractivity contribution in [1.29, 1.82) is 0 Å². The molecule has 0 bridgehead atoms. The minimum absolute atomic E-state index is 0.0558. The Morgan fingerprint density at radius 2 is 1.90 bits per heavy atom. The molecule has 1 atom stereocenters. The van der Waals surface area contributed by atoms with Gasteiger partial charge in [0.05, 0.1) is 11.6 Å². The van der Waals surface area contributed by atoms with E-state index >= 15 is 0 Å². The summed E-state index contributed by atoms with van der Waals surface area (Å²) in [4.78, 5) is 22.1. The van der Waals surface area contributed by atoms with Crippen molar-refractivity contribution in [1.82, 2.24) is 20.1 Å². The van der Waals surface area contributed by atoms with Gasteiger partial charge in [-0.05, 0) is 76.5 Å². The van der Waals surface area contributed by atoms with Gasteiger partial charge in [0, 0.05) is 36.8 Å². The summed E-state index contributed by atoms with van der Waals surface area (Å²) in [6, 6.07) is 7.52. The monoisotopic (exact) mass is 430 g/mol. The van der Waals surface area contributed by atoms with Crippen molar-refractivity contribution < 1.29 is 9.21 Å². The molecule has 0 aliphatic carbocycles. The maximum Gasteiger partial charge on any atom is 0.226 e. The summed E-state index contributed by atoms with van der Waals surface area (Å²) in [5.41, 5.74) is 1.86. The molecule has 1 aromatic carbocycles. The lowest BCUT2D eigenvalue weighted by molar-refractivity contribution is -0.126. The number of halogens is 1. The molecule has 2 aliphatic heterocycles.